The number of nitrogens with one attached hydrogen (secondary N) is 1. The summed E-state index contributed by atoms with van der Waals surface area (Å²) in [4.78, 5) is 7.82. The lowest BCUT2D eigenvalue weighted by atomic mass is 10.1. The molecular formula is C12H16N4OS. The molecule has 3 heterocycles. The Morgan fingerprint density at radius 2 is 2.56 bits per heavy atom. The molecule has 0 saturated carbocycles. The molecule has 1 aliphatic heterocycles. The quantitative estimate of drug-likeness (QED) is 0.904. The first-order valence-electron chi connectivity index (χ1n) is 6.09. The highest BCUT2D eigenvalue weighted by Crippen LogP contribution is 2.21. The van der Waals surface area contributed by atoms with Gasteiger partial charge in [0.2, 0.25) is 11.7 Å². The van der Waals surface area contributed by atoms with Crippen LogP contribution in [-0.4, -0.2) is 47.8 Å². The third-order valence-corrected chi connectivity index (χ3v) is 3.96. The van der Waals surface area contributed by atoms with Gasteiger partial charge in [0.25, 0.3) is 0 Å². The van der Waals surface area contributed by atoms with Crippen LogP contribution in [0, 0.1) is 0 Å². The van der Waals surface area contributed by atoms with Crippen LogP contribution in [0.15, 0.2) is 22.0 Å². The normalized spacial score (nSPS) is 21.3. The minimum absolute atomic E-state index is 0.403. The van der Waals surface area contributed by atoms with Crippen LogP contribution in [0.4, 0.5) is 0 Å². The SMILES string of the molecule is CN1CCNC(Cc2nc(-c3cccs3)no2)C1. The lowest BCUT2D eigenvalue weighted by Crippen LogP contribution is -2.49. The third-order valence-electron chi connectivity index (χ3n) is 3.09. The number of hydrogen-bond acceptors (Lipinski definition) is 6. The lowest BCUT2D eigenvalue weighted by molar-refractivity contribution is 0.227. The largest absolute Gasteiger partial charge is 0.339 e. The van der Waals surface area contributed by atoms with E-state index >= 15 is 0 Å². The van der Waals surface area contributed by atoms with Gasteiger partial charge < -0.3 is 14.7 Å². The van der Waals surface area contributed by atoms with Crippen LogP contribution in [0.5, 0.6) is 0 Å². The molecule has 1 fully saturated rings. The highest BCUT2D eigenvalue weighted by atomic mass is 32.1. The fourth-order valence-corrected chi connectivity index (χ4v) is 2.83. The van der Waals surface area contributed by atoms with Crippen molar-refractivity contribution < 1.29 is 4.52 Å². The summed E-state index contributed by atoms with van der Waals surface area (Å²) >= 11 is 1.63. The Morgan fingerprint density at radius 1 is 1.61 bits per heavy atom. The van der Waals surface area contributed by atoms with Crippen LogP contribution in [0.25, 0.3) is 10.7 Å². The summed E-state index contributed by atoms with van der Waals surface area (Å²) in [6, 6.07) is 4.40. The Balaban J connectivity index is 1.66. The predicted molar refractivity (Wildman–Crippen MR) is 70.6 cm³/mol. The highest BCUT2D eigenvalue weighted by molar-refractivity contribution is 7.13. The van der Waals surface area contributed by atoms with Gasteiger partial charge in [0.1, 0.15) is 0 Å². The standard InChI is InChI=1S/C12H16N4OS/c1-16-5-4-13-9(8-16)7-11-14-12(15-17-11)10-3-2-6-18-10/h2-3,6,9,13H,4-5,7-8H2,1H3. The van der Waals surface area contributed by atoms with E-state index in [4.69, 9.17) is 4.52 Å². The topological polar surface area (TPSA) is 54.2 Å². The van der Waals surface area contributed by atoms with Crippen LogP contribution in [-0.2, 0) is 6.42 Å². The van der Waals surface area contributed by atoms with Crippen molar-refractivity contribution in [2.24, 2.45) is 0 Å². The minimum atomic E-state index is 0.403. The third kappa shape index (κ3) is 2.60. The zero-order valence-electron chi connectivity index (χ0n) is 10.3. The minimum Gasteiger partial charge on any atom is -0.339 e. The van der Waals surface area contributed by atoms with E-state index in [1.54, 1.807) is 11.3 Å². The van der Waals surface area contributed by atoms with Crippen molar-refractivity contribution in [1.29, 1.82) is 0 Å². The molecule has 0 radical (unpaired) electrons. The Labute approximate surface area is 110 Å². The number of hydrogen-bond donors (Lipinski definition) is 1. The zero-order valence-corrected chi connectivity index (χ0v) is 11.1. The average Bonchev–Trinajstić information content (AvgIpc) is 2.98. The van der Waals surface area contributed by atoms with Crippen LogP contribution >= 0.6 is 11.3 Å². The molecule has 2 aromatic rings. The summed E-state index contributed by atoms with van der Waals surface area (Å²) in [5.74, 6) is 1.41. The van der Waals surface area contributed by atoms with Gasteiger partial charge in [-0.15, -0.1) is 11.3 Å². The van der Waals surface area contributed by atoms with Gasteiger partial charge in [0, 0.05) is 32.1 Å². The monoisotopic (exact) mass is 264 g/mol. The average molecular weight is 264 g/mol. The fourth-order valence-electron chi connectivity index (χ4n) is 2.18. The zero-order chi connectivity index (χ0) is 12.4. The van der Waals surface area contributed by atoms with Crippen LogP contribution in [0.1, 0.15) is 5.89 Å². The van der Waals surface area contributed by atoms with Crippen molar-refractivity contribution in [3.8, 4) is 10.7 Å². The predicted octanol–water partition coefficient (Wildman–Crippen LogP) is 1.24. The van der Waals surface area contributed by atoms with E-state index in [1.807, 2.05) is 17.5 Å². The number of aromatic nitrogens is 2. The molecule has 1 N–H and O–H groups in total. The van der Waals surface area contributed by atoms with Crippen LogP contribution < -0.4 is 5.32 Å². The summed E-state index contributed by atoms with van der Waals surface area (Å²) in [6.07, 6.45) is 0.794. The van der Waals surface area contributed by atoms with Crippen molar-refractivity contribution in [3.05, 3.63) is 23.4 Å². The van der Waals surface area contributed by atoms with Gasteiger partial charge in [-0.2, -0.15) is 4.98 Å². The summed E-state index contributed by atoms with van der Waals surface area (Å²) in [5.41, 5.74) is 0. The van der Waals surface area contributed by atoms with Crippen molar-refractivity contribution >= 4 is 11.3 Å². The molecule has 1 saturated heterocycles. The van der Waals surface area contributed by atoms with Crippen molar-refractivity contribution in [2.45, 2.75) is 12.5 Å². The summed E-state index contributed by atoms with van der Waals surface area (Å²) in [5, 5.41) is 9.52. The van der Waals surface area contributed by atoms with Gasteiger partial charge in [-0.3, -0.25) is 0 Å². The van der Waals surface area contributed by atoms with Gasteiger partial charge in [-0.05, 0) is 18.5 Å². The van der Waals surface area contributed by atoms with Gasteiger partial charge in [0.15, 0.2) is 0 Å². The molecule has 0 aromatic carbocycles. The molecule has 18 heavy (non-hydrogen) atoms. The molecule has 0 bridgehead atoms. The second kappa shape index (κ2) is 5.17. The van der Waals surface area contributed by atoms with E-state index in [-0.39, 0.29) is 0 Å². The second-order valence-corrected chi connectivity index (χ2v) is 5.55. The molecule has 1 atom stereocenters. The number of thiophene rings is 1. The van der Waals surface area contributed by atoms with E-state index < -0.39 is 0 Å². The second-order valence-electron chi connectivity index (χ2n) is 4.61. The Hall–Kier alpha value is -1.24. The number of nitrogens with zero attached hydrogens (tertiary/aromatic N) is 3. The first-order chi connectivity index (χ1) is 8.81. The van der Waals surface area contributed by atoms with Crippen LogP contribution in [0.3, 0.4) is 0 Å². The van der Waals surface area contributed by atoms with E-state index in [1.165, 1.54) is 0 Å². The maximum Gasteiger partial charge on any atom is 0.228 e. The fraction of sp³-hybridized carbons (Fsp3) is 0.500. The van der Waals surface area contributed by atoms with Gasteiger partial charge in [-0.1, -0.05) is 11.2 Å². The van der Waals surface area contributed by atoms with E-state index in [9.17, 15) is 0 Å². The Kier molecular flexibility index (Phi) is 3.40. The van der Waals surface area contributed by atoms with Gasteiger partial charge in [0.05, 0.1) is 4.88 Å². The molecule has 0 amide bonds. The summed E-state index contributed by atoms with van der Waals surface area (Å²) < 4.78 is 5.31. The van der Waals surface area contributed by atoms with E-state index in [0.29, 0.717) is 17.8 Å². The number of piperazine rings is 1. The summed E-state index contributed by atoms with van der Waals surface area (Å²) in [7, 11) is 2.14. The highest BCUT2D eigenvalue weighted by Gasteiger charge is 2.20. The summed E-state index contributed by atoms with van der Waals surface area (Å²) in [6.45, 7) is 3.14. The molecule has 5 nitrogen and oxygen atoms in total. The molecular weight excluding hydrogens is 248 g/mol. The molecule has 1 unspecified atom stereocenters. The van der Waals surface area contributed by atoms with E-state index in [2.05, 4.69) is 27.4 Å². The number of likely N-dealkylation sites (N-methyl/N-ethyl adjacent to an activating group) is 1. The van der Waals surface area contributed by atoms with Crippen LogP contribution in [0.2, 0.25) is 0 Å². The first kappa shape index (κ1) is 11.8. The molecule has 6 heteroatoms. The van der Waals surface area contributed by atoms with Crippen molar-refractivity contribution in [3.63, 3.8) is 0 Å². The lowest BCUT2D eigenvalue weighted by Gasteiger charge is -2.29. The molecule has 0 aliphatic carbocycles. The maximum absolute atomic E-state index is 5.31. The first-order valence-corrected chi connectivity index (χ1v) is 6.97. The van der Waals surface area contributed by atoms with Gasteiger partial charge >= 0.3 is 0 Å². The molecule has 96 valence electrons. The van der Waals surface area contributed by atoms with Crippen molar-refractivity contribution in [1.82, 2.24) is 20.4 Å². The Bertz CT molecular complexity index is 496. The van der Waals surface area contributed by atoms with Crippen molar-refractivity contribution in [2.75, 3.05) is 26.7 Å². The molecule has 3 rings (SSSR count). The smallest absolute Gasteiger partial charge is 0.228 e. The Morgan fingerprint density at radius 3 is 3.33 bits per heavy atom. The van der Waals surface area contributed by atoms with E-state index in [0.717, 1.165) is 30.9 Å². The number of rotatable bonds is 3. The molecule has 0 spiro atoms. The molecule has 2 aromatic heterocycles. The maximum atomic E-state index is 5.31. The van der Waals surface area contributed by atoms with Gasteiger partial charge in [-0.25, -0.2) is 0 Å². The molecule has 1 aliphatic rings.